The van der Waals surface area contributed by atoms with Crippen molar-refractivity contribution < 1.29 is 25.6 Å². The van der Waals surface area contributed by atoms with Crippen LogP contribution in [0.4, 0.5) is 5.69 Å². The molecule has 0 saturated heterocycles. The normalized spacial score (nSPS) is 13.5. The van der Waals surface area contributed by atoms with Gasteiger partial charge in [0.1, 0.15) is 12.6 Å². The van der Waals surface area contributed by atoms with Crippen molar-refractivity contribution in [3.63, 3.8) is 0 Å². The number of amidine groups is 1. The molecule has 1 aliphatic rings. The monoisotopic (exact) mass is 342 g/mol. The van der Waals surface area contributed by atoms with Crippen molar-refractivity contribution in [2.75, 3.05) is 17.5 Å². The Hall–Kier alpha value is -1.86. The van der Waals surface area contributed by atoms with Crippen molar-refractivity contribution >= 4 is 27.3 Å². The van der Waals surface area contributed by atoms with Gasteiger partial charge in [-0.2, -0.15) is 0 Å². The van der Waals surface area contributed by atoms with E-state index in [1.165, 1.54) is 0 Å². The molecule has 0 fully saturated rings. The Kier molecular flexibility index (Phi) is 6.13. The number of sulfonamides is 1. The van der Waals surface area contributed by atoms with E-state index in [2.05, 4.69) is 9.71 Å². The van der Waals surface area contributed by atoms with Crippen molar-refractivity contribution in [3.8, 4) is 0 Å². The molecule has 6 nitrogen and oxygen atoms in total. The summed E-state index contributed by atoms with van der Waals surface area (Å²) in [6, 6.07) is 6.35. The highest BCUT2D eigenvalue weighted by Gasteiger charge is 2.25. The van der Waals surface area contributed by atoms with Crippen LogP contribution in [-0.4, -0.2) is 37.7 Å². The third-order valence-electron chi connectivity index (χ3n) is 2.97. The van der Waals surface area contributed by atoms with Crippen LogP contribution >= 0.6 is 0 Å². The van der Waals surface area contributed by atoms with E-state index in [4.69, 9.17) is 0 Å². The number of benzene rings is 1. The fourth-order valence-corrected chi connectivity index (χ4v) is 2.54. The molecule has 0 bridgehead atoms. The molecule has 0 atom stereocenters. The van der Waals surface area contributed by atoms with Gasteiger partial charge in [-0.25, -0.2) is 13.3 Å². The molecular formula is C14H17ClN3O3S. The van der Waals surface area contributed by atoms with Crippen molar-refractivity contribution in [3.05, 3.63) is 42.2 Å². The molecule has 0 aromatic heterocycles. The zero-order valence-electron chi connectivity index (χ0n) is 12.3. The Morgan fingerprint density at radius 2 is 1.91 bits per heavy atom. The maximum atomic E-state index is 12.2. The maximum absolute atomic E-state index is 12.2. The lowest BCUT2D eigenvalue weighted by Crippen LogP contribution is -3.00. The number of halogens is 1. The lowest BCUT2D eigenvalue weighted by atomic mass is 10.1. The molecule has 1 aliphatic heterocycles. The molecule has 1 heterocycles. The van der Waals surface area contributed by atoms with Crippen LogP contribution in [0.1, 0.15) is 23.7 Å². The van der Waals surface area contributed by atoms with E-state index >= 15 is 0 Å². The van der Waals surface area contributed by atoms with Crippen molar-refractivity contribution in [2.45, 2.75) is 13.3 Å². The first kappa shape index (κ1) is 18.2. The summed E-state index contributed by atoms with van der Waals surface area (Å²) in [4.78, 5) is 18.3. The van der Waals surface area contributed by atoms with Crippen LogP contribution in [0.2, 0.25) is 0 Å². The van der Waals surface area contributed by atoms with Gasteiger partial charge in [0, 0.05) is 11.3 Å². The maximum Gasteiger partial charge on any atom is 0.306 e. The summed E-state index contributed by atoms with van der Waals surface area (Å²) in [5.74, 6) is 0.669. The Labute approximate surface area is 136 Å². The van der Waals surface area contributed by atoms with E-state index in [1.54, 1.807) is 30.5 Å². The standard InChI is InChI=1S/C14H17N3O3S.ClH/c1-3-17-9-8-15-14(17)10-13(18)11-4-6-12(7-5-11)16-21(2,19)20;/h4-9,16H,3,10H2,1-2H3;1H/q+1;/p-1. The Morgan fingerprint density at radius 3 is 2.45 bits per heavy atom. The van der Waals surface area contributed by atoms with Crippen LogP contribution in [-0.2, 0) is 10.0 Å². The first-order chi connectivity index (χ1) is 9.89. The average Bonchev–Trinajstić information content (AvgIpc) is 2.85. The minimum atomic E-state index is -3.31. The largest absolute Gasteiger partial charge is 1.00 e. The summed E-state index contributed by atoms with van der Waals surface area (Å²) < 4.78 is 24.6. The zero-order chi connectivity index (χ0) is 15.5. The molecule has 0 aliphatic carbocycles. The number of Topliss-reactive ketones (excluding diaryl/α,β-unsaturated/α-hetero) is 1. The molecule has 2 rings (SSSR count). The number of carbonyl (C=O) groups excluding carboxylic acids is 1. The Bertz CT molecular complexity index is 697. The lowest BCUT2D eigenvalue weighted by Gasteiger charge is -2.07. The van der Waals surface area contributed by atoms with Gasteiger partial charge in [0.25, 0.3) is 0 Å². The van der Waals surface area contributed by atoms with Crippen LogP contribution in [0.25, 0.3) is 0 Å². The summed E-state index contributed by atoms with van der Waals surface area (Å²) in [5.41, 5.74) is 0.962. The molecule has 1 radical (unpaired) electrons. The van der Waals surface area contributed by atoms with Gasteiger partial charge in [-0.1, -0.05) is 4.99 Å². The molecule has 0 spiro atoms. The lowest BCUT2D eigenvalue weighted by molar-refractivity contribution is -0.0000150. The minimum Gasteiger partial charge on any atom is -1.00 e. The van der Waals surface area contributed by atoms with Gasteiger partial charge in [0.15, 0.2) is 12.0 Å². The van der Waals surface area contributed by atoms with Gasteiger partial charge in [-0.3, -0.25) is 9.52 Å². The summed E-state index contributed by atoms with van der Waals surface area (Å²) in [6.07, 6.45) is 4.81. The van der Waals surface area contributed by atoms with Crippen LogP contribution in [0, 0.1) is 0 Å². The predicted molar refractivity (Wildman–Crippen MR) is 82.5 cm³/mol. The van der Waals surface area contributed by atoms with E-state index in [-0.39, 0.29) is 24.6 Å². The second-order valence-electron chi connectivity index (χ2n) is 4.68. The molecule has 22 heavy (non-hydrogen) atoms. The summed E-state index contributed by atoms with van der Waals surface area (Å²) in [7, 11) is -3.31. The SMILES string of the molecule is CCN1C=C[N+]=C1CC(=O)c1ccc(NS(C)(=O)=O)cc1.[Cl-]. The van der Waals surface area contributed by atoms with Gasteiger partial charge in [0.05, 0.1) is 12.8 Å². The highest BCUT2D eigenvalue weighted by atomic mass is 35.5. The van der Waals surface area contributed by atoms with Crippen LogP contribution < -0.4 is 22.1 Å². The number of carbonyl (C=O) groups is 1. The third-order valence-corrected chi connectivity index (χ3v) is 3.58. The molecule has 119 valence electrons. The van der Waals surface area contributed by atoms with Gasteiger partial charge >= 0.3 is 5.84 Å². The predicted octanol–water partition coefficient (Wildman–Crippen LogP) is -1.82. The molecule has 0 amide bonds. The number of aliphatic imine (C=N–C) groups is 1. The Morgan fingerprint density at radius 1 is 1.27 bits per heavy atom. The highest BCUT2D eigenvalue weighted by molar-refractivity contribution is 7.92. The van der Waals surface area contributed by atoms with Gasteiger partial charge in [-0.05, 0) is 31.2 Å². The third kappa shape index (κ3) is 4.85. The van der Waals surface area contributed by atoms with Crippen LogP contribution in [0.3, 0.4) is 0 Å². The van der Waals surface area contributed by atoms with Gasteiger partial charge in [0.2, 0.25) is 10.0 Å². The molecular weight excluding hydrogens is 326 g/mol. The summed E-state index contributed by atoms with van der Waals surface area (Å²) in [5, 5.41) is 0. The number of rotatable bonds is 6. The molecule has 1 aromatic carbocycles. The highest BCUT2D eigenvalue weighted by Crippen LogP contribution is 2.13. The van der Waals surface area contributed by atoms with Gasteiger partial charge < -0.3 is 12.4 Å². The number of ketones is 1. The molecule has 0 saturated carbocycles. The second-order valence-corrected chi connectivity index (χ2v) is 6.43. The van der Waals surface area contributed by atoms with E-state index in [0.29, 0.717) is 11.3 Å². The topological polar surface area (TPSA) is 80.6 Å². The molecule has 0 unspecified atom stereocenters. The number of hydrogen-bond acceptors (Lipinski definition) is 5. The van der Waals surface area contributed by atoms with Crippen LogP contribution in [0.15, 0.2) is 36.7 Å². The molecule has 1 aromatic rings. The molecule has 8 heteroatoms. The number of nitrogens with zero attached hydrogens (tertiary/aromatic N) is 2. The van der Waals surface area contributed by atoms with Crippen molar-refractivity contribution in [1.82, 2.24) is 9.89 Å². The van der Waals surface area contributed by atoms with E-state index in [9.17, 15) is 13.2 Å². The number of anilines is 1. The summed E-state index contributed by atoms with van der Waals surface area (Å²) >= 11 is 0. The number of hydrogen-bond donors (Lipinski definition) is 1. The summed E-state index contributed by atoms with van der Waals surface area (Å²) in [6.45, 7) is 2.75. The van der Waals surface area contributed by atoms with E-state index in [1.807, 2.05) is 18.0 Å². The van der Waals surface area contributed by atoms with E-state index in [0.717, 1.165) is 18.6 Å². The quantitative estimate of drug-likeness (QED) is 0.617. The minimum absolute atomic E-state index is 0. The van der Waals surface area contributed by atoms with Crippen LogP contribution in [0.5, 0.6) is 0 Å². The molecule has 1 N–H and O–H groups in total. The fraction of sp³-hybridized carbons (Fsp3) is 0.286. The fourth-order valence-electron chi connectivity index (χ4n) is 1.98. The van der Waals surface area contributed by atoms with Crippen molar-refractivity contribution in [1.29, 1.82) is 0 Å². The second kappa shape index (κ2) is 7.42. The van der Waals surface area contributed by atoms with Crippen molar-refractivity contribution in [2.24, 2.45) is 0 Å². The zero-order valence-corrected chi connectivity index (χ0v) is 13.9. The Balaban J connectivity index is 0.00000242. The number of nitrogens with one attached hydrogen (secondary N) is 1. The first-order valence-electron chi connectivity index (χ1n) is 6.50. The van der Waals surface area contributed by atoms with E-state index < -0.39 is 10.0 Å². The average molecular weight is 343 g/mol. The first-order valence-corrected chi connectivity index (χ1v) is 8.39. The smallest absolute Gasteiger partial charge is 0.306 e. The van der Waals surface area contributed by atoms with Gasteiger partial charge in [-0.15, -0.1) is 0 Å².